The highest BCUT2D eigenvalue weighted by atomic mass is 16.8. The first-order chi connectivity index (χ1) is 5.64. The van der Waals surface area contributed by atoms with E-state index in [-0.39, 0.29) is 13.1 Å². The summed E-state index contributed by atoms with van der Waals surface area (Å²) < 4.78 is 0. The number of hydrogen-bond acceptors (Lipinski definition) is 2. The minimum atomic E-state index is -1.19. The highest BCUT2D eigenvalue weighted by molar-refractivity contribution is 5.13. The fraction of sp³-hybridized carbons (Fsp3) is 0.333. The molecular weight excluding hydrogens is 154 g/mol. The average Bonchev–Trinajstić information content (AvgIpc) is 2.06. The summed E-state index contributed by atoms with van der Waals surface area (Å²) in [4.78, 5) is -1.19. The van der Waals surface area contributed by atoms with E-state index in [1.165, 1.54) is 0 Å². The maximum atomic E-state index is 11.1. The Kier molecular flexibility index (Phi) is 2.81. The molecule has 0 fully saturated rings. The highest BCUT2D eigenvalue weighted by Crippen LogP contribution is 2.08. The second kappa shape index (κ2) is 3.67. The van der Waals surface area contributed by atoms with Gasteiger partial charge in [-0.3, -0.25) is 0 Å². The Bertz CT molecular complexity index is 234. The van der Waals surface area contributed by atoms with E-state index in [2.05, 4.69) is 0 Å². The quantitative estimate of drug-likeness (QED) is 0.552. The summed E-state index contributed by atoms with van der Waals surface area (Å²) in [6, 6.07) is 9.25. The first-order valence-corrected chi connectivity index (χ1v) is 3.99. The molecule has 0 aliphatic rings. The summed E-state index contributed by atoms with van der Waals surface area (Å²) in [5.41, 5.74) is 0.858. The molecule has 0 radical (unpaired) electrons. The van der Waals surface area contributed by atoms with Crippen molar-refractivity contribution in [3.8, 4) is 0 Å². The van der Waals surface area contributed by atoms with Gasteiger partial charge in [0.25, 0.3) is 0 Å². The molecule has 1 aromatic carbocycles. The van der Waals surface area contributed by atoms with E-state index in [0.29, 0.717) is 0 Å². The monoisotopic (exact) mass is 167 g/mol. The van der Waals surface area contributed by atoms with Gasteiger partial charge in [-0.05, 0) is 6.92 Å². The molecule has 0 saturated carbocycles. The molecule has 3 heteroatoms. The summed E-state index contributed by atoms with van der Waals surface area (Å²) in [6.07, 6.45) is 0. The van der Waals surface area contributed by atoms with Gasteiger partial charge in [-0.2, -0.15) is 0 Å². The molecule has 12 heavy (non-hydrogen) atoms. The van der Waals surface area contributed by atoms with Gasteiger partial charge in [0.1, 0.15) is 13.1 Å². The predicted octanol–water partition coefficient (Wildman–Crippen LogP) is 1.91. The minimum absolute atomic E-state index is 0.122. The van der Waals surface area contributed by atoms with Crippen LogP contribution in [0.25, 0.3) is 0 Å². The van der Waals surface area contributed by atoms with E-state index >= 15 is 0 Å². The number of rotatable bonds is 3. The first kappa shape index (κ1) is 9.19. The number of nitrogens with zero attached hydrogens (tertiary/aromatic N) is 1. The lowest BCUT2D eigenvalue weighted by atomic mass is 10.2. The lowest BCUT2D eigenvalue weighted by molar-refractivity contribution is -1.07. The Hall–Kier alpha value is -0.900. The van der Waals surface area contributed by atoms with Crippen molar-refractivity contribution in [2.45, 2.75) is 13.5 Å². The Morgan fingerprint density at radius 2 is 1.92 bits per heavy atom. The summed E-state index contributed by atoms with van der Waals surface area (Å²) in [7, 11) is 0. The van der Waals surface area contributed by atoms with Gasteiger partial charge < -0.3 is 5.21 Å². The maximum absolute atomic E-state index is 11.1. The van der Waals surface area contributed by atoms with Crippen molar-refractivity contribution in [3.05, 3.63) is 41.1 Å². The molecule has 1 atom stereocenters. The number of hydroxylamine groups is 4. The average molecular weight is 167 g/mol. The van der Waals surface area contributed by atoms with E-state index in [1.54, 1.807) is 6.92 Å². The van der Waals surface area contributed by atoms with Crippen LogP contribution in [0, 0.1) is 5.21 Å². The van der Waals surface area contributed by atoms with Crippen molar-refractivity contribution in [2.75, 3.05) is 6.54 Å². The molecule has 1 N–H and O–H groups in total. The topological polar surface area (TPSA) is 43.3 Å². The summed E-state index contributed by atoms with van der Waals surface area (Å²) in [5, 5.41) is 20.3. The van der Waals surface area contributed by atoms with Crippen molar-refractivity contribution in [1.82, 2.24) is 0 Å². The van der Waals surface area contributed by atoms with Gasteiger partial charge in [0.2, 0.25) is 0 Å². The van der Waals surface area contributed by atoms with Gasteiger partial charge in [0, 0.05) is 5.56 Å². The maximum Gasteiger partial charge on any atom is 0.134 e. The van der Waals surface area contributed by atoms with E-state index < -0.39 is 4.81 Å². The fourth-order valence-corrected chi connectivity index (χ4v) is 0.981. The van der Waals surface area contributed by atoms with E-state index in [1.807, 2.05) is 30.3 Å². The van der Waals surface area contributed by atoms with Crippen molar-refractivity contribution in [1.29, 1.82) is 0 Å². The normalized spacial score (nSPS) is 15.6. The Morgan fingerprint density at radius 3 is 2.42 bits per heavy atom. The van der Waals surface area contributed by atoms with Crippen molar-refractivity contribution < 1.29 is 10.0 Å². The number of hydrogen-bond donors (Lipinski definition) is 1. The zero-order valence-electron chi connectivity index (χ0n) is 7.10. The number of benzene rings is 1. The van der Waals surface area contributed by atoms with Crippen molar-refractivity contribution in [2.24, 2.45) is 0 Å². The van der Waals surface area contributed by atoms with Crippen LogP contribution in [0.2, 0.25) is 0 Å². The predicted molar refractivity (Wildman–Crippen MR) is 46.1 cm³/mol. The second-order valence-electron chi connectivity index (χ2n) is 2.81. The third-order valence-electron chi connectivity index (χ3n) is 1.77. The molecule has 1 unspecified atom stereocenters. The van der Waals surface area contributed by atoms with Crippen LogP contribution < -0.4 is 0 Å². The van der Waals surface area contributed by atoms with Crippen LogP contribution in [0.3, 0.4) is 0 Å². The third kappa shape index (κ3) is 2.62. The summed E-state index contributed by atoms with van der Waals surface area (Å²) in [5.74, 6) is 0. The lowest BCUT2D eigenvalue weighted by Crippen LogP contribution is -2.36. The molecule has 0 heterocycles. The minimum Gasteiger partial charge on any atom is -0.598 e. The molecule has 0 bridgehead atoms. The van der Waals surface area contributed by atoms with E-state index in [0.717, 1.165) is 5.56 Å². The van der Waals surface area contributed by atoms with E-state index in [4.69, 9.17) is 5.21 Å². The SMILES string of the molecule is CC[N+]([O-])(O)Cc1ccccc1. The van der Waals surface area contributed by atoms with Gasteiger partial charge in [-0.15, -0.1) is 0 Å². The van der Waals surface area contributed by atoms with Crippen LogP contribution in [0.5, 0.6) is 0 Å². The van der Waals surface area contributed by atoms with Crippen LogP contribution in [0.4, 0.5) is 0 Å². The highest BCUT2D eigenvalue weighted by Gasteiger charge is 2.10. The van der Waals surface area contributed by atoms with E-state index in [9.17, 15) is 5.21 Å². The van der Waals surface area contributed by atoms with Crippen LogP contribution >= 0.6 is 0 Å². The van der Waals surface area contributed by atoms with Gasteiger partial charge >= 0.3 is 0 Å². The Morgan fingerprint density at radius 1 is 1.33 bits per heavy atom. The molecule has 1 aromatic rings. The standard InChI is InChI=1S/C9H13NO2/c1-2-10(11,12)8-9-6-4-3-5-7-9/h3-7,11H,2,8H2,1H3. The zero-order valence-corrected chi connectivity index (χ0v) is 7.10. The lowest BCUT2D eigenvalue weighted by Gasteiger charge is -2.32. The third-order valence-corrected chi connectivity index (χ3v) is 1.77. The van der Waals surface area contributed by atoms with Crippen molar-refractivity contribution in [3.63, 3.8) is 0 Å². The van der Waals surface area contributed by atoms with Crippen LogP contribution in [-0.4, -0.2) is 16.6 Å². The molecule has 0 aliphatic heterocycles. The molecule has 1 rings (SSSR count). The second-order valence-corrected chi connectivity index (χ2v) is 2.81. The summed E-state index contributed by atoms with van der Waals surface area (Å²) >= 11 is 0. The Balaban J connectivity index is 2.64. The van der Waals surface area contributed by atoms with Crippen LogP contribution in [0.15, 0.2) is 30.3 Å². The van der Waals surface area contributed by atoms with Crippen molar-refractivity contribution >= 4 is 0 Å². The number of quaternary nitrogens is 1. The van der Waals surface area contributed by atoms with Gasteiger partial charge in [-0.25, -0.2) is 10.0 Å². The molecule has 0 amide bonds. The van der Waals surface area contributed by atoms with Crippen LogP contribution in [0.1, 0.15) is 12.5 Å². The molecule has 0 saturated heterocycles. The molecule has 66 valence electrons. The fourth-order valence-electron chi connectivity index (χ4n) is 0.981. The summed E-state index contributed by atoms with van der Waals surface area (Å²) in [6.45, 7) is 1.96. The first-order valence-electron chi connectivity index (χ1n) is 3.99. The molecule has 0 aromatic heterocycles. The zero-order chi connectivity index (χ0) is 9.03. The molecule has 0 aliphatic carbocycles. The van der Waals surface area contributed by atoms with Gasteiger partial charge in [-0.1, -0.05) is 30.3 Å². The van der Waals surface area contributed by atoms with Crippen LogP contribution in [-0.2, 0) is 6.54 Å². The smallest absolute Gasteiger partial charge is 0.134 e. The van der Waals surface area contributed by atoms with Gasteiger partial charge in [0.15, 0.2) is 0 Å². The molecular formula is C9H13NO2. The Labute approximate surface area is 72.0 Å². The molecule has 3 nitrogen and oxygen atoms in total. The molecule has 0 spiro atoms. The van der Waals surface area contributed by atoms with Gasteiger partial charge in [0.05, 0.1) is 0 Å². The largest absolute Gasteiger partial charge is 0.598 e.